The molecule has 0 saturated heterocycles. The van der Waals surface area contributed by atoms with Crippen molar-refractivity contribution in [3.63, 3.8) is 0 Å². The molecule has 0 aliphatic heterocycles. The molecule has 0 amide bonds. The first-order chi connectivity index (χ1) is 12.2. The summed E-state index contributed by atoms with van der Waals surface area (Å²) in [5.74, 6) is 2.32. The Morgan fingerprint density at radius 1 is 1.04 bits per heavy atom. The van der Waals surface area contributed by atoms with E-state index in [0.29, 0.717) is 17.4 Å². The number of thioether (sulfide) groups is 1. The van der Waals surface area contributed by atoms with E-state index in [4.69, 9.17) is 27.9 Å². The van der Waals surface area contributed by atoms with E-state index in [1.807, 2.05) is 42.5 Å². The summed E-state index contributed by atoms with van der Waals surface area (Å²) < 4.78 is 7.83. The first-order valence-corrected chi connectivity index (χ1v) is 9.57. The molecule has 7 heteroatoms. The van der Waals surface area contributed by atoms with Crippen molar-refractivity contribution in [1.82, 2.24) is 14.8 Å². The Hall–Kier alpha value is -1.69. The quantitative estimate of drug-likeness (QED) is 0.498. The number of benzene rings is 2. The van der Waals surface area contributed by atoms with Crippen LogP contribution in [0.15, 0.2) is 53.7 Å². The third-order valence-electron chi connectivity index (χ3n) is 3.55. The summed E-state index contributed by atoms with van der Waals surface area (Å²) in [5.41, 5.74) is 1.19. The Bertz CT molecular complexity index is 837. The highest BCUT2D eigenvalue weighted by Gasteiger charge is 2.12. The van der Waals surface area contributed by atoms with Crippen LogP contribution in [-0.2, 0) is 18.9 Å². The lowest BCUT2D eigenvalue weighted by Gasteiger charge is -2.09. The van der Waals surface area contributed by atoms with Gasteiger partial charge in [0.1, 0.15) is 12.4 Å². The van der Waals surface area contributed by atoms with Crippen molar-refractivity contribution < 1.29 is 4.74 Å². The molecule has 0 radical (unpaired) electrons. The van der Waals surface area contributed by atoms with Gasteiger partial charge in [0.2, 0.25) is 0 Å². The second kappa shape index (κ2) is 8.61. The first-order valence-electron chi connectivity index (χ1n) is 7.83. The maximum atomic E-state index is 5.97. The zero-order valence-corrected chi connectivity index (χ0v) is 16.0. The van der Waals surface area contributed by atoms with Crippen molar-refractivity contribution in [3.05, 3.63) is 70.0 Å². The van der Waals surface area contributed by atoms with Crippen LogP contribution in [-0.4, -0.2) is 14.8 Å². The molecule has 25 heavy (non-hydrogen) atoms. The lowest BCUT2D eigenvalue weighted by molar-refractivity contribution is 0.288. The van der Waals surface area contributed by atoms with Gasteiger partial charge in [0.15, 0.2) is 11.0 Å². The van der Waals surface area contributed by atoms with Gasteiger partial charge in [-0.3, -0.25) is 0 Å². The van der Waals surface area contributed by atoms with Crippen molar-refractivity contribution >= 4 is 35.0 Å². The van der Waals surface area contributed by atoms with Gasteiger partial charge in [-0.15, -0.1) is 10.2 Å². The number of halogens is 2. The van der Waals surface area contributed by atoms with Crippen molar-refractivity contribution in [3.8, 4) is 5.75 Å². The largest absolute Gasteiger partial charge is 0.486 e. The zero-order valence-electron chi connectivity index (χ0n) is 13.7. The second-order valence-electron chi connectivity index (χ2n) is 5.30. The van der Waals surface area contributed by atoms with Crippen molar-refractivity contribution in [1.29, 1.82) is 0 Å². The molecule has 1 aromatic heterocycles. The van der Waals surface area contributed by atoms with E-state index in [2.05, 4.69) is 21.7 Å². The Kier molecular flexibility index (Phi) is 6.24. The van der Waals surface area contributed by atoms with E-state index >= 15 is 0 Å². The van der Waals surface area contributed by atoms with Crippen molar-refractivity contribution in [2.45, 2.75) is 31.0 Å². The van der Waals surface area contributed by atoms with Gasteiger partial charge in [-0.1, -0.05) is 53.2 Å². The third-order valence-corrected chi connectivity index (χ3v) is 5.08. The molecule has 1 heterocycles. The minimum atomic E-state index is 0.350. The third kappa shape index (κ3) is 4.91. The number of rotatable bonds is 7. The molecule has 0 bridgehead atoms. The van der Waals surface area contributed by atoms with Gasteiger partial charge in [-0.2, -0.15) is 0 Å². The summed E-state index contributed by atoms with van der Waals surface area (Å²) in [6.45, 7) is 3.20. The zero-order chi connectivity index (χ0) is 17.6. The van der Waals surface area contributed by atoms with E-state index in [-0.39, 0.29) is 0 Å². The number of aromatic nitrogens is 3. The molecule has 0 fully saturated rings. The van der Waals surface area contributed by atoms with Crippen LogP contribution in [0.5, 0.6) is 5.75 Å². The summed E-state index contributed by atoms with van der Waals surface area (Å²) in [4.78, 5) is 0. The van der Waals surface area contributed by atoms with E-state index in [1.54, 1.807) is 17.8 Å². The Labute approximate surface area is 161 Å². The molecule has 0 N–H and O–H groups in total. The predicted molar refractivity (Wildman–Crippen MR) is 102 cm³/mol. The Morgan fingerprint density at radius 3 is 2.56 bits per heavy atom. The highest BCUT2D eigenvalue weighted by atomic mass is 35.5. The molecule has 0 spiro atoms. The molecule has 0 atom stereocenters. The summed E-state index contributed by atoms with van der Waals surface area (Å²) >= 11 is 13.5. The summed E-state index contributed by atoms with van der Waals surface area (Å²) in [7, 11) is 0. The van der Waals surface area contributed by atoms with Gasteiger partial charge in [0.05, 0.1) is 0 Å². The van der Waals surface area contributed by atoms with Crippen LogP contribution < -0.4 is 4.74 Å². The van der Waals surface area contributed by atoms with E-state index in [0.717, 1.165) is 28.3 Å². The SMILES string of the molecule is CCn1c(COc2cccc(Cl)c2)nnc1SCc1ccc(Cl)cc1. The molecule has 4 nitrogen and oxygen atoms in total. The summed E-state index contributed by atoms with van der Waals surface area (Å²) in [6.07, 6.45) is 0. The van der Waals surface area contributed by atoms with Crippen LogP contribution in [0.4, 0.5) is 0 Å². The summed E-state index contributed by atoms with van der Waals surface area (Å²) in [5, 5.41) is 10.8. The topological polar surface area (TPSA) is 39.9 Å². The summed E-state index contributed by atoms with van der Waals surface area (Å²) in [6, 6.07) is 15.2. The molecule has 130 valence electrons. The lowest BCUT2D eigenvalue weighted by atomic mass is 10.2. The maximum Gasteiger partial charge on any atom is 0.191 e. The molecule has 2 aromatic carbocycles. The Balaban J connectivity index is 1.64. The van der Waals surface area contributed by atoms with Crippen LogP contribution in [0, 0.1) is 0 Å². The lowest BCUT2D eigenvalue weighted by Crippen LogP contribution is -2.07. The average Bonchev–Trinajstić information content (AvgIpc) is 3.01. The standard InChI is InChI=1S/C18H17Cl2N3OS/c1-2-23-17(11-24-16-5-3-4-15(20)10-16)21-22-18(23)25-12-13-6-8-14(19)9-7-13/h3-10H,2,11-12H2,1H3. The van der Waals surface area contributed by atoms with Crippen LogP contribution in [0.3, 0.4) is 0 Å². The molecular weight excluding hydrogens is 377 g/mol. The van der Waals surface area contributed by atoms with Crippen LogP contribution in [0.2, 0.25) is 10.0 Å². The maximum absolute atomic E-state index is 5.97. The Morgan fingerprint density at radius 2 is 1.84 bits per heavy atom. The van der Waals surface area contributed by atoms with Crippen molar-refractivity contribution in [2.75, 3.05) is 0 Å². The molecule has 0 unspecified atom stereocenters. The molecule has 0 aliphatic carbocycles. The fraction of sp³-hybridized carbons (Fsp3) is 0.222. The number of hydrogen-bond donors (Lipinski definition) is 0. The van der Waals surface area contributed by atoms with Crippen LogP contribution in [0.25, 0.3) is 0 Å². The van der Waals surface area contributed by atoms with Gasteiger partial charge < -0.3 is 9.30 Å². The van der Waals surface area contributed by atoms with E-state index in [9.17, 15) is 0 Å². The van der Waals surface area contributed by atoms with Crippen LogP contribution in [0.1, 0.15) is 18.3 Å². The van der Waals surface area contributed by atoms with Gasteiger partial charge in [0, 0.05) is 22.3 Å². The molecule has 3 rings (SSSR count). The predicted octanol–water partition coefficient (Wildman–Crippen LogP) is 5.48. The number of nitrogens with zero attached hydrogens (tertiary/aromatic N) is 3. The minimum absolute atomic E-state index is 0.350. The number of hydrogen-bond acceptors (Lipinski definition) is 4. The molecular formula is C18H17Cl2N3OS. The fourth-order valence-corrected chi connectivity index (χ4v) is 3.57. The fourth-order valence-electron chi connectivity index (χ4n) is 2.28. The van der Waals surface area contributed by atoms with Gasteiger partial charge in [0.25, 0.3) is 0 Å². The van der Waals surface area contributed by atoms with Gasteiger partial charge in [-0.05, 0) is 42.8 Å². The normalized spacial score (nSPS) is 10.8. The highest BCUT2D eigenvalue weighted by molar-refractivity contribution is 7.98. The second-order valence-corrected chi connectivity index (χ2v) is 7.12. The molecule has 0 aliphatic rings. The highest BCUT2D eigenvalue weighted by Crippen LogP contribution is 2.24. The van der Waals surface area contributed by atoms with Gasteiger partial charge in [-0.25, -0.2) is 0 Å². The van der Waals surface area contributed by atoms with E-state index in [1.165, 1.54) is 5.56 Å². The van der Waals surface area contributed by atoms with Crippen molar-refractivity contribution in [2.24, 2.45) is 0 Å². The monoisotopic (exact) mass is 393 g/mol. The minimum Gasteiger partial charge on any atom is -0.486 e. The average molecular weight is 394 g/mol. The van der Waals surface area contributed by atoms with Crippen LogP contribution >= 0.6 is 35.0 Å². The molecule has 0 saturated carbocycles. The van der Waals surface area contributed by atoms with Gasteiger partial charge >= 0.3 is 0 Å². The van der Waals surface area contributed by atoms with E-state index < -0.39 is 0 Å². The smallest absolute Gasteiger partial charge is 0.191 e. The first kappa shape index (κ1) is 18.1. The molecule has 3 aromatic rings. The number of ether oxygens (including phenoxy) is 1.